The first-order valence-electron chi connectivity index (χ1n) is 10.6. The van der Waals surface area contributed by atoms with Crippen LogP contribution in [0.4, 0.5) is 6.01 Å². The number of rotatable bonds is 10. The molecule has 2 aromatic carbocycles. The summed E-state index contributed by atoms with van der Waals surface area (Å²) in [5.74, 6) is 1.28. The highest BCUT2D eigenvalue weighted by atomic mass is 16.5. The summed E-state index contributed by atoms with van der Waals surface area (Å²) >= 11 is 0. The smallest absolute Gasteiger partial charge is 0.312 e. The van der Waals surface area contributed by atoms with Gasteiger partial charge in [0.05, 0.1) is 25.0 Å². The zero-order valence-corrected chi connectivity index (χ0v) is 18.2. The van der Waals surface area contributed by atoms with Gasteiger partial charge in [-0.25, -0.2) is 0 Å². The molecule has 0 aliphatic heterocycles. The van der Waals surface area contributed by atoms with E-state index in [0.717, 1.165) is 23.3 Å². The lowest BCUT2D eigenvalue weighted by Crippen LogP contribution is -2.33. The molecule has 0 unspecified atom stereocenters. The molecule has 3 N–H and O–H groups in total. The van der Waals surface area contributed by atoms with E-state index in [9.17, 15) is 4.79 Å². The lowest BCUT2D eigenvalue weighted by Gasteiger charge is -2.21. The van der Waals surface area contributed by atoms with Crippen LogP contribution >= 0.6 is 0 Å². The highest BCUT2D eigenvalue weighted by molar-refractivity contribution is 5.83. The predicted octanol–water partition coefficient (Wildman–Crippen LogP) is 4.28. The normalized spacial score (nSPS) is 13.9. The number of nitrogens with two attached hydrogens (primary N) is 1. The molecular weight excluding hydrogens is 392 g/mol. The molecule has 0 fully saturated rings. The number of nitrogens with zero attached hydrogens (tertiary/aromatic N) is 2. The minimum atomic E-state index is -0.345. The van der Waals surface area contributed by atoms with Crippen molar-refractivity contribution in [3.8, 4) is 5.75 Å². The van der Waals surface area contributed by atoms with Crippen LogP contribution in [0.25, 0.3) is 0 Å². The van der Waals surface area contributed by atoms with Crippen LogP contribution in [0.5, 0.6) is 5.75 Å². The number of hydrogen-bond acceptors (Lipinski definition) is 6. The number of nitrogen functional groups attached to an aromatic ring is 1. The third-order valence-corrected chi connectivity index (χ3v) is 5.38. The van der Waals surface area contributed by atoms with Gasteiger partial charge in [0.15, 0.2) is 0 Å². The second-order valence-corrected chi connectivity index (χ2v) is 7.83. The number of aromatic nitrogens is 2. The fourth-order valence-electron chi connectivity index (χ4n) is 3.12. The van der Waals surface area contributed by atoms with E-state index in [1.807, 2.05) is 61.5 Å². The summed E-state index contributed by atoms with van der Waals surface area (Å²) in [5.41, 5.74) is 7.43. The summed E-state index contributed by atoms with van der Waals surface area (Å²) in [7, 11) is 0. The zero-order valence-electron chi connectivity index (χ0n) is 18.2. The fraction of sp³-hybridized carbons (Fsp3) is 0.375. The average molecular weight is 423 g/mol. The van der Waals surface area contributed by atoms with Gasteiger partial charge in [0.1, 0.15) is 5.75 Å². The average Bonchev–Trinajstić information content (AvgIpc) is 3.21. The number of hydrogen-bond donors (Lipinski definition) is 2. The van der Waals surface area contributed by atoms with E-state index in [0.29, 0.717) is 24.8 Å². The van der Waals surface area contributed by atoms with Crippen molar-refractivity contribution in [1.82, 2.24) is 15.5 Å². The van der Waals surface area contributed by atoms with Crippen LogP contribution in [0.3, 0.4) is 0 Å². The van der Waals surface area contributed by atoms with Gasteiger partial charge < -0.3 is 20.2 Å². The van der Waals surface area contributed by atoms with E-state index >= 15 is 0 Å². The van der Waals surface area contributed by atoms with Gasteiger partial charge in [-0.15, -0.1) is 5.10 Å². The summed E-state index contributed by atoms with van der Waals surface area (Å²) in [6, 6.07) is 17.1. The largest absolute Gasteiger partial charge is 0.493 e. The Bertz CT molecular complexity index is 956. The van der Waals surface area contributed by atoms with Crippen LogP contribution in [0.2, 0.25) is 0 Å². The summed E-state index contributed by atoms with van der Waals surface area (Å²) in [4.78, 5) is 13.0. The molecule has 0 radical (unpaired) electrons. The molecule has 0 spiro atoms. The molecule has 1 heterocycles. The van der Waals surface area contributed by atoms with Crippen molar-refractivity contribution in [3.63, 3.8) is 0 Å². The number of nitrogens with one attached hydrogen (secondary N) is 1. The first-order chi connectivity index (χ1) is 15.0. The van der Waals surface area contributed by atoms with Crippen LogP contribution in [-0.4, -0.2) is 22.7 Å². The van der Waals surface area contributed by atoms with Gasteiger partial charge in [0, 0.05) is 0 Å². The van der Waals surface area contributed by atoms with Crippen LogP contribution in [0, 0.1) is 5.92 Å². The van der Waals surface area contributed by atoms with E-state index in [2.05, 4.69) is 29.4 Å². The van der Waals surface area contributed by atoms with Crippen molar-refractivity contribution < 1.29 is 13.9 Å². The minimum absolute atomic E-state index is 0.00604. The molecule has 0 aliphatic rings. The molecule has 31 heavy (non-hydrogen) atoms. The molecule has 3 aromatic rings. The third-order valence-electron chi connectivity index (χ3n) is 5.38. The first kappa shape index (κ1) is 22.3. The Kier molecular flexibility index (Phi) is 7.65. The van der Waals surface area contributed by atoms with Crippen LogP contribution in [0.1, 0.15) is 56.2 Å². The van der Waals surface area contributed by atoms with Crippen molar-refractivity contribution in [3.05, 3.63) is 71.6 Å². The maximum atomic E-state index is 13.0. The molecule has 3 rings (SSSR count). The van der Waals surface area contributed by atoms with Crippen LogP contribution < -0.4 is 15.8 Å². The number of carbonyl (C=O) groups excluding carboxylic acids is 1. The lowest BCUT2D eigenvalue weighted by molar-refractivity contribution is -0.123. The Morgan fingerprint density at radius 3 is 2.39 bits per heavy atom. The SMILES string of the molecule is CC[C@@H](C)COc1ccc([C@H](Cc2nnc(N)o2)NC(=O)[C@@H](C)c2ccccc2)cc1. The number of amides is 1. The summed E-state index contributed by atoms with van der Waals surface area (Å²) in [6.45, 7) is 6.86. The minimum Gasteiger partial charge on any atom is -0.493 e. The van der Waals surface area contributed by atoms with Gasteiger partial charge in [-0.2, -0.15) is 0 Å². The molecule has 7 heteroatoms. The summed E-state index contributed by atoms with van der Waals surface area (Å²) in [5, 5.41) is 10.8. The summed E-state index contributed by atoms with van der Waals surface area (Å²) in [6.07, 6.45) is 1.41. The van der Waals surface area contributed by atoms with Gasteiger partial charge in [-0.1, -0.05) is 67.8 Å². The topological polar surface area (TPSA) is 103 Å². The predicted molar refractivity (Wildman–Crippen MR) is 120 cm³/mol. The number of benzene rings is 2. The number of ether oxygens (including phenoxy) is 1. The molecular formula is C24H30N4O3. The molecule has 0 bridgehead atoms. The monoisotopic (exact) mass is 422 g/mol. The van der Waals surface area contributed by atoms with Crippen molar-refractivity contribution in [2.45, 2.75) is 45.6 Å². The van der Waals surface area contributed by atoms with Crippen molar-refractivity contribution in [1.29, 1.82) is 0 Å². The summed E-state index contributed by atoms with van der Waals surface area (Å²) < 4.78 is 11.2. The van der Waals surface area contributed by atoms with E-state index < -0.39 is 0 Å². The molecule has 0 aliphatic carbocycles. The lowest BCUT2D eigenvalue weighted by atomic mass is 9.98. The highest BCUT2D eigenvalue weighted by Gasteiger charge is 2.22. The van der Waals surface area contributed by atoms with E-state index in [1.165, 1.54) is 0 Å². The fourth-order valence-corrected chi connectivity index (χ4v) is 3.12. The molecule has 1 aromatic heterocycles. The standard InChI is InChI=1S/C24H30N4O3/c1-4-16(2)15-30-20-12-10-19(11-13-20)21(14-22-27-28-24(25)31-22)26-23(29)17(3)18-8-6-5-7-9-18/h5-13,16-17,21H,4,14-15H2,1-3H3,(H2,25,28)(H,26,29)/t16-,17+,21+/m1/s1. The third kappa shape index (κ3) is 6.31. The van der Waals surface area contributed by atoms with Gasteiger partial charge in [-0.05, 0) is 36.1 Å². The van der Waals surface area contributed by atoms with Crippen LogP contribution in [-0.2, 0) is 11.2 Å². The van der Waals surface area contributed by atoms with Crippen molar-refractivity contribution in [2.75, 3.05) is 12.3 Å². The molecule has 164 valence electrons. The Hall–Kier alpha value is -3.35. The molecule has 0 saturated carbocycles. The van der Waals surface area contributed by atoms with E-state index in [4.69, 9.17) is 14.9 Å². The first-order valence-corrected chi connectivity index (χ1v) is 10.6. The maximum Gasteiger partial charge on any atom is 0.312 e. The van der Waals surface area contributed by atoms with E-state index in [1.54, 1.807) is 0 Å². The maximum absolute atomic E-state index is 13.0. The van der Waals surface area contributed by atoms with E-state index in [-0.39, 0.29) is 23.9 Å². The van der Waals surface area contributed by atoms with Crippen molar-refractivity contribution in [2.24, 2.45) is 5.92 Å². The van der Waals surface area contributed by atoms with Crippen molar-refractivity contribution >= 4 is 11.9 Å². The molecule has 7 nitrogen and oxygen atoms in total. The Morgan fingerprint density at radius 2 is 1.77 bits per heavy atom. The second kappa shape index (κ2) is 10.6. The van der Waals surface area contributed by atoms with Gasteiger partial charge in [0.25, 0.3) is 0 Å². The molecule has 3 atom stereocenters. The quantitative estimate of drug-likeness (QED) is 0.505. The Balaban J connectivity index is 1.75. The Morgan fingerprint density at radius 1 is 1.06 bits per heavy atom. The van der Waals surface area contributed by atoms with Gasteiger partial charge in [-0.3, -0.25) is 4.79 Å². The highest BCUT2D eigenvalue weighted by Crippen LogP contribution is 2.24. The molecule has 0 saturated heterocycles. The number of anilines is 1. The number of carbonyl (C=O) groups is 1. The Labute approximate surface area is 183 Å². The van der Waals surface area contributed by atoms with Crippen LogP contribution in [0.15, 0.2) is 59.0 Å². The van der Waals surface area contributed by atoms with Gasteiger partial charge >= 0.3 is 6.01 Å². The molecule has 1 amide bonds. The van der Waals surface area contributed by atoms with Gasteiger partial charge in [0.2, 0.25) is 11.8 Å². The second-order valence-electron chi connectivity index (χ2n) is 7.83. The zero-order chi connectivity index (χ0) is 22.2.